The second-order valence-electron chi connectivity index (χ2n) is 6.53. The fraction of sp³-hybridized carbons (Fsp3) is 0.556. The van der Waals surface area contributed by atoms with Gasteiger partial charge in [-0.15, -0.1) is 0 Å². The van der Waals surface area contributed by atoms with Crippen molar-refractivity contribution in [1.82, 2.24) is 9.88 Å². The van der Waals surface area contributed by atoms with E-state index in [0.717, 1.165) is 12.5 Å². The molecule has 1 heterocycles. The third-order valence-electron chi connectivity index (χ3n) is 5.14. The Bertz CT molecular complexity index is 649. The molecule has 106 valence electrons. The van der Waals surface area contributed by atoms with Crippen molar-refractivity contribution in [3.63, 3.8) is 0 Å². The van der Waals surface area contributed by atoms with Gasteiger partial charge < -0.3 is 9.88 Å². The molecule has 0 spiro atoms. The molecule has 0 bridgehead atoms. The average molecular weight is 268 g/mol. The summed E-state index contributed by atoms with van der Waals surface area (Å²) in [6.45, 7) is 2.26. The van der Waals surface area contributed by atoms with Gasteiger partial charge in [-0.05, 0) is 49.7 Å². The van der Waals surface area contributed by atoms with Crippen molar-refractivity contribution in [1.29, 1.82) is 0 Å². The standard InChI is InChI=1S/C18H24N2/c1-3-12-5-4-6-15-16-11-14(19-13-7-8-13)9-10-17(16)20(2)18(12)15/h4-6,13-14,19H,3,7-11H2,1-2H3. The second-order valence-corrected chi connectivity index (χ2v) is 6.53. The molecule has 1 atom stereocenters. The second kappa shape index (κ2) is 4.63. The van der Waals surface area contributed by atoms with Gasteiger partial charge in [-0.25, -0.2) is 0 Å². The lowest BCUT2D eigenvalue weighted by atomic mass is 9.91. The van der Waals surface area contributed by atoms with Crippen molar-refractivity contribution in [2.45, 2.75) is 57.5 Å². The van der Waals surface area contributed by atoms with E-state index in [1.807, 2.05) is 0 Å². The first-order valence-electron chi connectivity index (χ1n) is 8.12. The summed E-state index contributed by atoms with van der Waals surface area (Å²) in [5.41, 5.74) is 6.16. The number of hydrogen-bond acceptors (Lipinski definition) is 1. The number of fused-ring (bicyclic) bond motifs is 3. The molecule has 1 aromatic heterocycles. The van der Waals surface area contributed by atoms with Crippen LogP contribution in [0.3, 0.4) is 0 Å². The molecule has 0 radical (unpaired) electrons. The van der Waals surface area contributed by atoms with Crippen LogP contribution in [0.5, 0.6) is 0 Å². The topological polar surface area (TPSA) is 17.0 Å². The Balaban J connectivity index is 1.78. The monoisotopic (exact) mass is 268 g/mol. The Morgan fingerprint density at radius 2 is 2.05 bits per heavy atom. The quantitative estimate of drug-likeness (QED) is 0.903. The van der Waals surface area contributed by atoms with Gasteiger partial charge in [-0.3, -0.25) is 0 Å². The third-order valence-corrected chi connectivity index (χ3v) is 5.14. The average Bonchev–Trinajstić information content (AvgIpc) is 3.24. The zero-order valence-corrected chi connectivity index (χ0v) is 12.6. The molecule has 2 aliphatic rings. The maximum atomic E-state index is 3.83. The lowest BCUT2D eigenvalue weighted by Gasteiger charge is -2.24. The first kappa shape index (κ1) is 12.5. The largest absolute Gasteiger partial charge is 0.347 e. The molecule has 2 aromatic rings. The molecule has 0 saturated heterocycles. The van der Waals surface area contributed by atoms with E-state index in [1.165, 1.54) is 48.6 Å². The summed E-state index contributed by atoms with van der Waals surface area (Å²) in [7, 11) is 2.26. The van der Waals surface area contributed by atoms with Crippen LogP contribution in [0.2, 0.25) is 0 Å². The van der Waals surface area contributed by atoms with E-state index < -0.39 is 0 Å². The Morgan fingerprint density at radius 1 is 1.20 bits per heavy atom. The molecule has 0 amide bonds. The van der Waals surface area contributed by atoms with Gasteiger partial charge in [0.05, 0.1) is 5.52 Å². The minimum atomic E-state index is 0.700. The molecular formula is C18H24N2. The van der Waals surface area contributed by atoms with Crippen molar-refractivity contribution in [3.05, 3.63) is 35.0 Å². The van der Waals surface area contributed by atoms with Crippen LogP contribution in [-0.2, 0) is 26.3 Å². The highest BCUT2D eigenvalue weighted by atomic mass is 15.0. The Kier molecular flexibility index (Phi) is 2.88. The van der Waals surface area contributed by atoms with Gasteiger partial charge in [0, 0.05) is 30.2 Å². The highest BCUT2D eigenvalue weighted by Crippen LogP contribution is 2.34. The van der Waals surface area contributed by atoms with Gasteiger partial charge in [0.1, 0.15) is 0 Å². The molecule has 1 N–H and O–H groups in total. The summed E-state index contributed by atoms with van der Waals surface area (Å²) >= 11 is 0. The number of benzene rings is 1. The summed E-state index contributed by atoms with van der Waals surface area (Å²) in [5, 5.41) is 5.33. The minimum Gasteiger partial charge on any atom is -0.347 e. The first-order chi connectivity index (χ1) is 9.78. The molecule has 1 saturated carbocycles. The first-order valence-corrected chi connectivity index (χ1v) is 8.12. The molecule has 0 aliphatic heterocycles. The summed E-state index contributed by atoms with van der Waals surface area (Å²) in [6.07, 6.45) is 7.65. The van der Waals surface area contributed by atoms with Crippen molar-refractivity contribution < 1.29 is 0 Å². The predicted octanol–water partition coefficient (Wildman–Crippen LogP) is 3.35. The van der Waals surface area contributed by atoms with E-state index in [4.69, 9.17) is 0 Å². The summed E-state index contributed by atoms with van der Waals surface area (Å²) in [5.74, 6) is 0. The van der Waals surface area contributed by atoms with Crippen LogP contribution in [0.15, 0.2) is 18.2 Å². The van der Waals surface area contributed by atoms with Crippen molar-refractivity contribution in [2.24, 2.45) is 7.05 Å². The van der Waals surface area contributed by atoms with Gasteiger partial charge in [-0.2, -0.15) is 0 Å². The number of rotatable bonds is 3. The minimum absolute atomic E-state index is 0.700. The zero-order valence-electron chi connectivity index (χ0n) is 12.6. The molecule has 1 unspecified atom stereocenters. The van der Waals surface area contributed by atoms with Crippen molar-refractivity contribution >= 4 is 10.9 Å². The van der Waals surface area contributed by atoms with E-state index in [2.05, 4.69) is 42.1 Å². The van der Waals surface area contributed by atoms with Crippen molar-refractivity contribution in [3.8, 4) is 0 Å². The molecule has 4 rings (SSSR count). The van der Waals surface area contributed by atoms with Gasteiger partial charge in [0.15, 0.2) is 0 Å². The Labute approximate surface area is 121 Å². The number of nitrogens with zero attached hydrogens (tertiary/aromatic N) is 1. The highest BCUT2D eigenvalue weighted by Gasteiger charge is 2.29. The van der Waals surface area contributed by atoms with Gasteiger partial charge in [-0.1, -0.05) is 25.1 Å². The third kappa shape index (κ3) is 1.89. The summed E-state index contributed by atoms with van der Waals surface area (Å²) in [4.78, 5) is 0. The number of nitrogens with one attached hydrogen (secondary N) is 1. The van der Waals surface area contributed by atoms with E-state index in [-0.39, 0.29) is 0 Å². The molecule has 2 aliphatic carbocycles. The zero-order chi connectivity index (χ0) is 13.7. The van der Waals surface area contributed by atoms with Gasteiger partial charge >= 0.3 is 0 Å². The van der Waals surface area contributed by atoms with Crippen molar-refractivity contribution in [2.75, 3.05) is 0 Å². The van der Waals surface area contributed by atoms with E-state index in [1.54, 1.807) is 11.3 Å². The fourth-order valence-electron chi connectivity index (χ4n) is 3.94. The highest BCUT2D eigenvalue weighted by molar-refractivity contribution is 5.88. The molecule has 2 nitrogen and oxygen atoms in total. The molecule has 1 fully saturated rings. The number of para-hydroxylation sites is 1. The van der Waals surface area contributed by atoms with Crippen LogP contribution in [0, 0.1) is 0 Å². The SMILES string of the molecule is CCc1cccc2c3c(n(C)c12)CCC(NC1CC1)C3. The molecule has 2 heteroatoms. The normalized spacial score (nSPS) is 22.2. The number of aromatic nitrogens is 1. The Morgan fingerprint density at radius 3 is 2.80 bits per heavy atom. The summed E-state index contributed by atoms with van der Waals surface area (Å²) < 4.78 is 2.47. The smallest absolute Gasteiger partial charge is 0.0515 e. The van der Waals surface area contributed by atoms with E-state index in [9.17, 15) is 0 Å². The van der Waals surface area contributed by atoms with Crippen LogP contribution in [0.25, 0.3) is 10.9 Å². The van der Waals surface area contributed by atoms with E-state index >= 15 is 0 Å². The van der Waals surface area contributed by atoms with Crippen LogP contribution >= 0.6 is 0 Å². The lowest BCUT2D eigenvalue weighted by molar-refractivity contribution is 0.450. The molecule has 1 aromatic carbocycles. The lowest BCUT2D eigenvalue weighted by Crippen LogP contribution is -2.36. The maximum absolute atomic E-state index is 3.83. The van der Waals surface area contributed by atoms with Gasteiger partial charge in [0.25, 0.3) is 0 Å². The van der Waals surface area contributed by atoms with E-state index in [0.29, 0.717) is 6.04 Å². The molecule has 20 heavy (non-hydrogen) atoms. The predicted molar refractivity (Wildman–Crippen MR) is 84.3 cm³/mol. The fourth-order valence-corrected chi connectivity index (χ4v) is 3.94. The van der Waals surface area contributed by atoms with Crippen LogP contribution in [-0.4, -0.2) is 16.7 Å². The van der Waals surface area contributed by atoms with Crippen LogP contribution in [0.1, 0.15) is 43.0 Å². The number of hydrogen-bond donors (Lipinski definition) is 1. The number of aryl methyl sites for hydroxylation is 2. The van der Waals surface area contributed by atoms with Crippen LogP contribution in [0.4, 0.5) is 0 Å². The summed E-state index contributed by atoms with van der Waals surface area (Å²) in [6, 6.07) is 8.37. The van der Waals surface area contributed by atoms with Gasteiger partial charge in [0.2, 0.25) is 0 Å². The van der Waals surface area contributed by atoms with Crippen LogP contribution < -0.4 is 5.32 Å². The maximum Gasteiger partial charge on any atom is 0.0515 e. The Hall–Kier alpha value is -1.28. The molecular weight excluding hydrogens is 244 g/mol.